The minimum absolute atomic E-state index is 0.155. The van der Waals surface area contributed by atoms with Crippen molar-refractivity contribution in [3.05, 3.63) is 70.0 Å². The molecule has 0 atom stereocenters. The zero-order valence-electron chi connectivity index (χ0n) is 13.9. The van der Waals surface area contributed by atoms with Gasteiger partial charge in [-0.1, -0.05) is 29.8 Å². The maximum Gasteiger partial charge on any atom is 0.405 e. The van der Waals surface area contributed by atoms with E-state index in [2.05, 4.69) is 0 Å². The highest BCUT2D eigenvalue weighted by Crippen LogP contribution is 2.19. The third-order valence-electron chi connectivity index (χ3n) is 3.57. The van der Waals surface area contributed by atoms with Crippen LogP contribution in [0.15, 0.2) is 42.5 Å². The van der Waals surface area contributed by atoms with E-state index in [-0.39, 0.29) is 5.56 Å². The van der Waals surface area contributed by atoms with E-state index in [0.717, 1.165) is 11.1 Å². The number of nitrogens with zero attached hydrogens (tertiary/aromatic N) is 1. The summed E-state index contributed by atoms with van der Waals surface area (Å²) in [6, 6.07) is 10.5. The molecule has 1 amide bonds. The van der Waals surface area contributed by atoms with Gasteiger partial charge in [0.05, 0.1) is 0 Å². The summed E-state index contributed by atoms with van der Waals surface area (Å²) in [4.78, 5) is 13.6. The Hall–Kier alpha value is -2.12. The first-order valence-electron chi connectivity index (χ1n) is 7.70. The van der Waals surface area contributed by atoms with Crippen molar-refractivity contribution in [2.45, 2.75) is 19.3 Å². The maximum absolute atomic E-state index is 13.1. The van der Waals surface area contributed by atoms with E-state index in [4.69, 9.17) is 11.6 Å². The zero-order valence-corrected chi connectivity index (χ0v) is 14.7. The van der Waals surface area contributed by atoms with E-state index in [1.54, 1.807) is 18.2 Å². The molecule has 0 aliphatic heterocycles. The minimum atomic E-state index is -4.44. The van der Waals surface area contributed by atoms with Gasteiger partial charge in [-0.15, -0.1) is 0 Å². The molecule has 2 rings (SSSR count). The van der Waals surface area contributed by atoms with Crippen molar-refractivity contribution < 1.29 is 22.4 Å². The second-order valence-electron chi connectivity index (χ2n) is 5.90. The van der Waals surface area contributed by atoms with E-state index in [0.29, 0.717) is 18.1 Å². The minimum Gasteiger partial charge on any atom is -0.343 e. The lowest BCUT2D eigenvalue weighted by Crippen LogP contribution is -2.33. The molecule has 26 heavy (non-hydrogen) atoms. The molecule has 0 bridgehead atoms. The van der Waals surface area contributed by atoms with Gasteiger partial charge < -0.3 is 5.32 Å². The quantitative estimate of drug-likeness (QED) is 0.744. The summed E-state index contributed by atoms with van der Waals surface area (Å²) < 4.78 is 49.4. The molecule has 0 heterocycles. The first kappa shape index (κ1) is 20.2. The molecule has 0 aliphatic carbocycles. The number of hydrogen-bond acceptors (Lipinski definition) is 2. The van der Waals surface area contributed by atoms with Gasteiger partial charge in [0.1, 0.15) is 12.4 Å². The molecule has 0 saturated heterocycles. The Labute approximate surface area is 153 Å². The van der Waals surface area contributed by atoms with Crippen LogP contribution in [0.4, 0.5) is 17.6 Å². The molecule has 3 nitrogen and oxygen atoms in total. The van der Waals surface area contributed by atoms with Crippen LogP contribution in [0, 0.1) is 5.82 Å². The molecular weight excluding hydrogens is 372 g/mol. The topological polar surface area (TPSA) is 32.3 Å². The number of rotatable bonds is 6. The summed E-state index contributed by atoms with van der Waals surface area (Å²) in [6.07, 6.45) is -4.44. The number of alkyl halides is 3. The lowest BCUT2D eigenvalue weighted by Gasteiger charge is -2.18. The van der Waals surface area contributed by atoms with Gasteiger partial charge in [-0.25, -0.2) is 4.39 Å². The van der Waals surface area contributed by atoms with Crippen LogP contribution in [0.5, 0.6) is 0 Å². The van der Waals surface area contributed by atoms with Crippen LogP contribution in [0.25, 0.3) is 0 Å². The number of halogens is 5. The predicted molar refractivity (Wildman–Crippen MR) is 91.4 cm³/mol. The van der Waals surface area contributed by atoms with Gasteiger partial charge in [-0.2, -0.15) is 13.2 Å². The van der Waals surface area contributed by atoms with Crippen molar-refractivity contribution in [1.82, 2.24) is 10.2 Å². The van der Waals surface area contributed by atoms with Crippen LogP contribution in [0.3, 0.4) is 0 Å². The lowest BCUT2D eigenvalue weighted by molar-refractivity contribution is -0.123. The number of carbonyl (C=O) groups is 1. The first-order valence-corrected chi connectivity index (χ1v) is 8.08. The van der Waals surface area contributed by atoms with Gasteiger partial charge in [-0.3, -0.25) is 9.69 Å². The number of amides is 1. The second-order valence-corrected chi connectivity index (χ2v) is 6.31. The van der Waals surface area contributed by atoms with Crippen molar-refractivity contribution >= 4 is 17.5 Å². The number of benzene rings is 2. The van der Waals surface area contributed by atoms with Gasteiger partial charge in [-0.05, 0) is 42.4 Å². The number of hydrogen-bond donors (Lipinski definition) is 1. The fourth-order valence-electron chi connectivity index (χ4n) is 2.35. The third kappa shape index (κ3) is 6.31. The lowest BCUT2D eigenvalue weighted by atomic mass is 10.1. The molecule has 0 unspecified atom stereocenters. The number of nitrogens with one attached hydrogen (secondary N) is 1. The molecule has 0 fully saturated rings. The third-order valence-corrected chi connectivity index (χ3v) is 3.93. The van der Waals surface area contributed by atoms with Crippen LogP contribution >= 0.6 is 11.6 Å². The Bertz CT molecular complexity index is 763. The van der Waals surface area contributed by atoms with Crippen molar-refractivity contribution in [3.63, 3.8) is 0 Å². The average Bonchev–Trinajstić information content (AvgIpc) is 2.55. The molecule has 0 spiro atoms. The Morgan fingerprint density at radius 3 is 2.35 bits per heavy atom. The van der Waals surface area contributed by atoms with Gasteiger partial charge in [0.2, 0.25) is 0 Å². The van der Waals surface area contributed by atoms with E-state index in [9.17, 15) is 22.4 Å². The summed E-state index contributed by atoms with van der Waals surface area (Å²) >= 11 is 6.00. The fraction of sp³-hybridized carbons (Fsp3) is 0.278. The van der Waals surface area contributed by atoms with Crippen LogP contribution in [-0.2, 0) is 13.1 Å². The molecule has 8 heteroatoms. The SMILES string of the molecule is CN(Cc1ccc(C(=O)NCC(F)(F)F)cc1)Cc1ccc(F)cc1Cl. The normalized spacial score (nSPS) is 11.7. The Kier molecular flexibility index (Phi) is 6.61. The molecule has 0 aromatic heterocycles. The highest BCUT2D eigenvalue weighted by molar-refractivity contribution is 6.31. The molecule has 0 saturated carbocycles. The average molecular weight is 389 g/mol. The summed E-state index contributed by atoms with van der Waals surface area (Å²) in [5.41, 5.74) is 1.80. The van der Waals surface area contributed by atoms with Gasteiger partial charge in [0, 0.05) is 23.7 Å². The van der Waals surface area contributed by atoms with Crippen molar-refractivity contribution in [2.24, 2.45) is 0 Å². The highest BCUT2D eigenvalue weighted by Gasteiger charge is 2.27. The molecular formula is C18H17ClF4N2O. The summed E-state index contributed by atoms with van der Waals surface area (Å²) in [6.45, 7) is -0.347. The second kappa shape index (κ2) is 8.51. The van der Waals surface area contributed by atoms with Gasteiger partial charge in [0.15, 0.2) is 0 Å². The van der Waals surface area contributed by atoms with Crippen LogP contribution < -0.4 is 5.32 Å². The Morgan fingerprint density at radius 2 is 1.77 bits per heavy atom. The molecule has 0 aliphatic rings. The zero-order chi connectivity index (χ0) is 19.3. The van der Waals surface area contributed by atoms with E-state index in [1.165, 1.54) is 24.3 Å². The van der Waals surface area contributed by atoms with Crippen LogP contribution in [0.1, 0.15) is 21.5 Å². The Morgan fingerprint density at radius 1 is 1.12 bits per heavy atom. The van der Waals surface area contributed by atoms with Gasteiger partial charge >= 0.3 is 6.18 Å². The fourth-order valence-corrected chi connectivity index (χ4v) is 2.58. The molecule has 2 aromatic carbocycles. The molecule has 2 aromatic rings. The number of carbonyl (C=O) groups excluding carboxylic acids is 1. The summed E-state index contributed by atoms with van der Waals surface area (Å²) in [5.74, 6) is -1.18. The molecule has 1 N–H and O–H groups in total. The summed E-state index contributed by atoms with van der Waals surface area (Å²) in [7, 11) is 1.85. The largest absolute Gasteiger partial charge is 0.405 e. The van der Waals surface area contributed by atoms with E-state index < -0.39 is 24.4 Å². The van der Waals surface area contributed by atoms with Crippen LogP contribution in [-0.4, -0.2) is 30.6 Å². The van der Waals surface area contributed by atoms with Crippen molar-refractivity contribution in [2.75, 3.05) is 13.6 Å². The highest BCUT2D eigenvalue weighted by atomic mass is 35.5. The predicted octanol–water partition coefficient (Wildman–Crippen LogP) is 4.40. The van der Waals surface area contributed by atoms with E-state index in [1.807, 2.05) is 17.3 Å². The standard InChI is InChI=1S/C18H17ClF4N2O/c1-25(10-14-6-7-15(20)8-16(14)19)9-12-2-4-13(5-3-12)17(26)24-11-18(21,22)23/h2-8H,9-11H2,1H3,(H,24,26). The Balaban J connectivity index is 1.92. The smallest absolute Gasteiger partial charge is 0.343 e. The summed E-state index contributed by atoms with van der Waals surface area (Å²) in [5, 5.41) is 2.16. The first-order chi connectivity index (χ1) is 12.1. The van der Waals surface area contributed by atoms with E-state index >= 15 is 0 Å². The molecule has 0 radical (unpaired) electrons. The van der Waals surface area contributed by atoms with Crippen LogP contribution in [0.2, 0.25) is 5.02 Å². The maximum atomic E-state index is 13.1. The van der Waals surface area contributed by atoms with Gasteiger partial charge in [0.25, 0.3) is 5.91 Å². The van der Waals surface area contributed by atoms with Crippen molar-refractivity contribution in [1.29, 1.82) is 0 Å². The monoisotopic (exact) mass is 388 g/mol. The molecule has 140 valence electrons. The van der Waals surface area contributed by atoms with Crippen molar-refractivity contribution in [3.8, 4) is 0 Å².